The Labute approximate surface area is 185 Å². The number of benzene rings is 1. The molecule has 1 unspecified atom stereocenters. The summed E-state index contributed by atoms with van der Waals surface area (Å²) < 4.78 is 5.28. The standard InChI is InChI=1S/C23H37N5O3/c1-18-6-7-21(31-3)20(13-18)25-22(29)14-24-23(30)17-28-8-4-5-19(16-28)15-27-11-9-26(2)10-12-27/h6-7,13,19H,4-5,8-12,14-17H2,1-3H3,(H,24,30)(H,25,29). The highest BCUT2D eigenvalue weighted by molar-refractivity contribution is 5.96. The van der Waals surface area contributed by atoms with Gasteiger partial charge in [0.1, 0.15) is 5.75 Å². The Morgan fingerprint density at radius 2 is 1.87 bits per heavy atom. The quantitative estimate of drug-likeness (QED) is 0.640. The molecule has 3 rings (SSSR count). The highest BCUT2D eigenvalue weighted by atomic mass is 16.5. The Morgan fingerprint density at radius 1 is 1.10 bits per heavy atom. The van der Waals surface area contributed by atoms with Crippen LogP contribution in [0.1, 0.15) is 18.4 Å². The molecule has 2 heterocycles. The topological polar surface area (TPSA) is 77.1 Å². The molecular weight excluding hydrogens is 394 g/mol. The number of nitrogens with one attached hydrogen (secondary N) is 2. The summed E-state index contributed by atoms with van der Waals surface area (Å²) in [6.45, 7) is 9.80. The van der Waals surface area contributed by atoms with E-state index < -0.39 is 0 Å². The lowest BCUT2D eigenvalue weighted by atomic mass is 9.97. The second-order valence-electron chi connectivity index (χ2n) is 8.88. The van der Waals surface area contributed by atoms with Crippen molar-refractivity contribution in [2.45, 2.75) is 19.8 Å². The number of piperidine rings is 1. The molecule has 0 aliphatic carbocycles. The fourth-order valence-electron chi connectivity index (χ4n) is 4.39. The molecule has 2 amide bonds. The zero-order chi connectivity index (χ0) is 22.2. The van der Waals surface area contributed by atoms with Crippen molar-refractivity contribution >= 4 is 17.5 Å². The van der Waals surface area contributed by atoms with Gasteiger partial charge >= 0.3 is 0 Å². The third-order valence-electron chi connectivity index (χ3n) is 6.16. The van der Waals surface area contributed by atoms with E-state index in [1.54, 1.807) is 7.11 Å². The lowest BCUT2D eigenvalue weighted by molar-refractivity contribution is -0.125. The highest BCUT2D eigenvalue weighted by Gasteiger charge is 2.25. The number of likely N-dealkylation sites (tertiary alicyclic amines) is 1. The molecule has 0 saturated carbocycles. The molecule has 31 heavy (non-hydrogen) atoms. The van der Waals surface area contributed by atoms with Crippen LogP contribution in [0.5, 0.6) is 5.75 Å². The van der Waals surface area contributed by atoms with Crippen LogP contribution in [0.15, 0.2) is 18.2 Å². The van der Waals surface area contributed by atoms with Crippen LogP contribution in [0.4, 0.5) is 5.69 Å². The molecule has 0 spiro atoms. The van der Waals surface area contributed by atoms with Gasteiger partial charge in [-0.15, -0.1) is 0 Å². The van der Waals surface area contributed by atoms with Crippen LogP contribution in [-0.4, -0.2) is 99.6 Å². The van der Waals surface area contributed by atoms with Crippen LogP contribution >= 0.6 is 0 Å². The van der Waals surface area contributed by atoms with E-state index in [1.165, 1.54) is 6.42 Å². The predicted molar refractivity (Wildman–Crippen MR) is 122 cm³/mol. The molecule has 1 aromatic rings. The summed E-state index contributed by atoms with van der Waals surface area (Å²) in [5, 5.41) is 5.57. The van der Waals surface area contributed by atoms with Gasteiger partial charge in [0.15, 0.2) is 0 Å². The maximum atomic E-state index is 12.4. The van der Waals surface area contributed by atoms with Gasteiger partial charge in [-0.3, -0.25) is 14.5 Å². The van der Waals surface area contributed by atoms with E-state index >= 15 is 0 Å². The lowest BCUT2D eigenvalue weighted by Gasteiger charge is -2.38. The number of hydrogen-bond acceptors (Lipinski definition) is 6. The smallest absolute Gasteiger partial charge is 0.243 e. The van der Waals surface area contributed by atoms with Crippen LogP contribution in [-0.2, 0) is 9.59 Å². The zero-order valence-electron chi connectivity index (χ0n) is 19.2. The highest BCUT2D eigenvalue weighted by Crippen LogP contribution is 2.25. The molecule has 172 valence electrons. The van der Waals surface area contributed by atoms with E-state index in [0.29, 0.717) is 23.9 Å². The van der Waals surface area contributed by atoms with Crippen molar-refractivity contribution in [1.82, 2.24) is 20.0 Å². The fourth-order valence-corrected chi connectivity index (χ4v) is 4.39. The number of hydrogen-bond donors (Lipinski definition) is 2. The van der Waals surface area contributed by atoms with E-state index in [-0.39, 0.29) is 18.4 Å². The van der Waals surface area contributed by atoms with Crippen molar-refractivity contribution < 1.29 is 14.3 Å². The molecule has 1 aromatic carbocycles. The van der Waals surface area contributed by atoms with Crippen molar-refractivity contribution in [3.8, 4) is 5.75 Å². The molecule has 2 aliphatic heterocycles. The molecule has 8 nitrogen and oxygen atoms in total. The van der Waals surface area contributed by atoms with Gasteiger partial charge in [-0.2, -0.15) is 0 Å². The van der Waals surface area contributed by atoms with Gasteiger partial charge in [0.25, 0.3) is 0 Å². The van der Waals surface area contributed by atoms with Crippen molar-refractivity contribution in [2.75, 3.05) is 78.4 Å². The van der Waals surface area contributed by atoms with E-state index in [0.717, 1.165) is 57.8 Å². The second-order valence-corrected chi connectivity index (χ2v) is 8.88. The van der Waals surface area contributed by atoms with E-state index in [4.69, 9.17) is 4.74 Å². The van der Waals surface area contributed by atoms with Crippen LogP contribution in [0, 0.1) is 12.8 Å². The molecule has 0 bridgehead atoms. The summed E-state index contributed by atoms with van der Waals surface area (Å²) in [6.07, 6.45) is 2.35. The number of aryl methyl sites for hydroxylation is 1. The van der Waals surface area contributed by atoms with Gasteiger partial charge in [-0.05, 0) is 57.0 Å². The van der Waals surface area contributed by atoms with Gasteiger partial charge in [-0.25, -0.2) is 0 Å². The van der Waals surface area contributed by atoms with E-state index in [1.807, 2.05) is 25.1 Å². The maximum absolute atomic E-state index is 12.4. The third kappa shape index (κ3) is 7.48. The number of anilines is 1. The van der Waals surface area contributed by atoms with Crippen molar-refractivity contribution in [3.05, 3.63) is 23.8 Å². The minimum Gasteiger partial charge on any atom is -0.495 e. The normalized spacial score (nSPS) is 20.9. The van der Waals surface area contributed by atoms with Gasteiger partial charge in [-0.1, -0.05) is 6.07 Å². The third-order valence-corrected chi connectivity index (χ3v) is 6.16. The Kier molecular flexibility index (Phi) is 8.69. The monoisotopic (exact) mass is 431 g/mol. The number of piperazine rings is 1. The minimum atomic E-state index is -0.260. The summed E-state index contributed by atoms with van der Waals surface area (Å²) in [6, 6.07) is 5.59. The van der Waals surface area contributed by atoms with E-state index in [2.05, 4.69) is 32.4 Å². The number of carbonyl (C=O) groups excluding carboxylic acids is 2. The van der Waals surface area contributed by atoms with Crippen LogP contribution in [0.3, 0.4) is 0 Å². The van der Waals surface area contributed by atoms with Crippen molar-refractivity contribution in [1.29, 1.82) is 0 Å². The number of rotatable bonds is 8. The molecule has 2 N–H and O–H groups in total. The van der Waals surface area contributed by atoms with Crippen LogP contribution < -0.4 is 15.4 Å². The van der Waals surface area contributed by atoms with Crippen molar-refractivity contribution in [2.24, 2.45) is 5.92 Å². The molecule has 2 saturated heterocycles. The molecule has 8 heteroatoms. The van der Waals surface area contributed by atoms with E-state index in [9.17, 15) is 9.59 Å². The summed E-state index contributed by atoms with van der Waals surface area (Å²) in [4.78, 5) is 31.8. The summed E-state index contributed by atoms with van der Waals surface area (Å²) >= 11 is 0. The molecule has 0 radical (unpaired) electrons. The Bertz CT molecular complexity index is 749. The van der Waals surface area contributed by atoms with Gasteiger partial charge < -0.3 is 25.2 Å². The minimum absolute atomic E-state index is 0.0471. The molecular formula is C23H37N5O3. The summed E-state index contributed by atoms with van der Waals surface area (Å²) in [5.41, 5.74) is 1.64. The number of nitrogens with zero attached hydrogens (tertiary/aromatic N) is 3. The number of methoxy groups -OCH3 is 1. The average Bonchev–Trinajstić information content (AvgIpc) is 2.74. The average molecular weight is 432 g/mol. The molecule has 1 atom stereocenters. The maximum Gasteiger partial charge on any atom is 0.243 e. The van der Waals surface area contributed by atoms with Gasteiger partial charge in [0.05, 0.1) is 25.9 Å². The first kappa shape index (κ1) is 23.5. The van der Waals surface area contributed by atoms with Crippen LogP contribution in [0.2, 0.25) is 0 Å². The Hall–Kier alpha value is -2.16. The summed E-state index contributed by atoms with van der Waals surface area (Å²) in [5.74, 6) is 0.850. The first-order chi connectivity index (χ1) is 14.9. The number of likely N-dealkylation sites (N-methyl/N-ethyl adjacent to an activating group) is 1. The number of carbonyl (C=O) groups is 2. The van der Waals surface area contributed by atoms with Crippen molar-refractivity contribution in [3.63, 3.8) is 0 Å². The number of amides is 2. The molecule has 2 fully saturated rings. The summed E-state index contributed by atoms with van der Waals surface area (Å²) in [7, 11) is 3.74. The first-order valence-corrected chi connectivity index (χ1v) is 11.3. The van der Waals surface area contributed by atoms with Gasteiger partial charge in [0.2, 0.25) is 11.8 Å². The second kappa shape index (κ2) is 11.5. The molecule has 2 aliphatic rings. The van der Waals surface area contributed by atoms with Crippen LogP contribution in [0.25, 0.3) is 0 Å². The zero-order valence-corrected chi connectivity index (χ0v) is 19.2. The Morgan fingerprint density at radius 3 is 2.61 bits per heavy atom. The fraction of sp³-hybridized carbons (Fsp3) is 0.652. The SMILES string of the molecule is COc1ccc(C)cc1NC(=O)CNC(=O)CN1CCCC(CN2CCN(C)CC2)C1. The lowest BCUT2D eigenvalue weighted by Crippen LogP contribution is -2.49. The molecule has 0 aromatic heterocycles. The first-order valence-electron chi connectivity index (χ1n) is 11.3. The number of ether oxygens (including phenoxy) is 1. The Balaban J connectivity index is 1.39. The predicted octanol–water partition coefficient (Wildman–Crippen LogP) is 1.02. The van der Waals surface area contributed by atoms with Gasteiger partial charge in [0, 0.05) is 39.3 Å². The largest absolute Gasteiger partial charge is 0.495 e.